The number of anilines is 1. The molecule has 0 spiro atoms. The predicted molar refractivity (Wildman–Crippen MR) is 111 cm³/mol. The maximum Gasteiger partial charge on any atom is 0.193 e. The van der Waals surface area contributed by atoms with Crippen molar-refractivity contribution in [3.8, 4) is 5.75 Å². The van der Waals surface area contributed by atoms with E-state index in [1.54, 1.807) is 7.11 Å². The highest BCUT2D eigenvalue weighted by Crippen LogP contribution is 2.48. The fraction of sp³-hybridized carbons (Fsp3) is 0.278. The van der Waals surface area contributed by atoms with Crippen molar-refractivity contribution in [3.05, 3.63) is 59.1 Å². The molecule has 3 N–H and O–H groups in total. The van der Waals surface area contributed by atoms with Gasteiger partial charge in [0.25, 0.3) is 0 Å². The van der Waals surface area contributed by atoms with Crippen molar-refractivity contribution >= 4 is 47.2 Å². The second-order valence-electron chi connectivity index (χ2n) is 5.82. The van der Waals surface area contributed by atoms with Gasteiger partial charge in [-0.05, 0) is 42.7 Å². The summed E-state index contributed by atoms with van der Waals surface area (Å²) in [7, 11) is 1.63. The number of nitrogens with zero attached hydrogens (tertiary/aromatic N) is 1. The Bertz CT molecular complexity index is 732. The minimum atomic E-state index is 0. The Hall–Kier alpha value is -1.47. The normalized spacial score (nSPS) is 15.3. The van der Waals surface area contributed by atoms with Crippen molar-refractivity contribution in [1.82, 2.24) is 0 Å². The van der Waals surface area contributed by atoms with Crippen molar-refractivity contribution in [1.29, 1.82) is 0 Å². The number of aliphatic imine (C=N–C) groups is 1. The smallest absolute Gasteiger partial charge is 0.193 e. The molecule has 0 heterocycles. The Balaban J connectivity index is 0.00000208. The van der Waals surface area contributed by atoms with Crippen molar-refractivity contribution in [2.24, 2.45) is 10.7 Å². The lowest BCUT2D eigenvalue weighted by Gasteiger charge is -2.15. The van der Waals surface area contributed by atoms with E-state index in [1.807, 2.05) is 42.5 Å². The van der Waals surface area contributed by atoms with Crippen LogP contribution in [0.2, 0.25) is 5.02 Å². The van der Waals surface area contributed by atoms with E-state index in [0.29, 0.717) is 12.5 Å². The minimum absolute atomic E-state index is 0. The molecular weight excluding hydrogens is 437 g/mol. The molecule has 0 aromatic heterocycles. The van der Waals surface area contributed by atoms with E-state index in [2.05, 4.69) is 16.4 Å². The molecule has 1 aliphatic rings. The summed E-state index contributed by atoms with van der Waals surface area (Å²) in [6.45, 7) is 0.654. The number of methoxy groups -OCH3 is 1. The first kappa shape index (κ1) is 18.9. The quantitative estimate of drug-likeness (QED) is 0.397. The third-order valence-corrected chi connectivity index (χ3v) is 4.45. The monoisotopic (exact) mass is 457 g/mol. The van der Waals surface area contributed by atoms with Gasteiger partial charge in [0.2, 0.25) is 0 Å². The first-order valence-corrected chi connectivity index (χ1v) is 7.97. The molecule has 0 unspecified atom stereocenters. The van der Waals surface area contributed by atoms with Gasteiger partial charge in [0.15, 0.2) is 5.96 Å². The van der Waals surface area contributed by atoms with Gasteiger partial charge in [-0.1, -0.05) is 35.9 Å². The van der Waals surface area contributed by atoms with Crippen LogP contribution in [-0.4, -0.2) is 19.6 Å². The summed E-state index contributed by atoms with van der Waals surface area (Å²) < 4.78 is 5.30. The van der Waals surface area contributed by atoms with E-state index >= 15 is 0 Å². The number of nitrogens with two attached hydrogens (primary N) is 1. The molecular formula is C18H21ClIN3O. The molecule has 4 nitrogen and oxygen atoms in total. The molecule has 1 fully saturated rings. The molecule has 0 bridgehead atoms. The fourth-order valence-electron chi connectivity index (χ4n) is 2.67. The molecule has 3 rings (SSSR count). The zero-order valence-electron chi connectivity index (χ0n) is 13.5. The SMILES string of the molecule is COc1ccccc1NC(N)=NCC1(c2cccc(Cl)c2)CC1.I. The van der Waals surface area contributed by atoms with E-state index in [-0.39, 0.29) is 29.4 Å². The number of ether oxygens (including phenoxy) is 1. The van der Waals surface area contributed by atoms with Crippen LogP contribution in [-0.2, 0) is 5.41 Å². The Morgan fingerprint density at radius 3 is 2.67 bits per heavy atom. The topological polar surface area (TPSA) is 59.6 Å². The average molecular weight is 458 g/mol. The summed E-state index contributed by atoms with van der Waals surface area (Å²) in [5.41, 5.74) is 8.16. The number of halogens is 2. The molecule has 0 aliphatic heterocycles. The van der Waals surface area contributed by atoms with Crippen molar-refractivity contribution in [3.63, 3.8) is 0 Å². The van der Waals surface area contributed by atoms with Gasteiger partial charge >= 0.3 is 0 Å². The number of nitrogens with one attached hydrogen (secondary N) is 1. The maximum atomic E-state index is 6.10. The summed E-state index contributed by atoms with van der Waals surface area (Å²) in [5, 5.41) is 3.86. The van der Waals surface area contributed by atoms with Gasteiger partial charge in [0.05, 0.1) is 19.3 Å². The molecule has 2 aromatic carbocycles. The van der Waals surface area contributed by atoms with Gasteiger partial charge in [-0.3, -0.25) is 4.99 Å². The fourth-order valence-corrected chi connectivity index (χ4v) is 2.86. The second-order valence-corrected chi connectivity index (χ2v) is 6.25. The average Bonchev–Trinajstić information content (AvgIpc) is 3.35. The third-order valence-electron chi connectivity index (χ3n) is 4.21. The number of hydrogen-bond acceptors (Lipinski definition) is 2. The molecule has 6 heteroatoms. The van der Waals surface area contributed by atoms with Crippen molar-refractivity contribution < 1.29 is 4.74 Å². The molecule has 0 amide bonds. The molecule has 128 valence electrons. The van der Waals surface area contributed by atoms with Gasteiger partial charge in [-0.2, -0.15) is 0 Å². The predicted octanol–water partition coefficient (Wildman–Crippen LogP) is 4.43. The van der Waals surface area contributed by atoms with Crippen LogP contribution in [0, 0.1) is 0 Å². The first-order valence-electron chi connectivity index (χ1n) is 7.59. The number of benzene rings is 2. The zero-order chi connectivity index (χ0) is 16.3. The van der Waals surface area contributed by atoms with Crippen LogP contribution >= 0.6 is 35.6 Å². The van der Waals surface area contributed by atoms with E-state index in [4.69, 9.17) is 22.1 Å². The largest absolute Gasteiger partial charge is 0.495 e. The first-order chi connectivity index (χ1) is 11.1. The lowest BCUT2D eigenvalue weighted by molar-refractivity contribution is 0.417. The van der Waals surface area contributed by atoms with E-state index in [9.17, 15) is 0 Å². The summed E-state index contributed by atoms with van der Waals surface area (Å²) >= 11 is 6.10. The van der Waals surface area contributed by atoms with Gasteiger partial charge < -0.3 is 15.8 Å². The summed E-state index contributed by atoms with van der Waals surface area (Å²) in [6.07, 6.45) is 2.22. The molecule has 2 aromatic rings. The summed E-state index contributed by atoms with van der Waals surface area (Å²) in [4.78, 5) is 4.52. The van der Waals surface area contributed by atoms with Crippen LogP contribution in [0.15, 0.2) is 53.5 Å². The standard InChI is InChI=1S/C18H20ClN3O.HI/c1-23-16-8-3-2-7-15(16)22-17(20)21-12-18(9-10-18)13-5-4-6-14(19)11-13;/h2-8,11H,9-10,12H2,1H3,(H3,20,21,22);1H. The van der Waals surface area contributed by atoms with Gasteiger partial charge in [0, 0.05) is 10.4 Å². The molecule has 1 aliphatic carbocycles. The molecule has 24 heavy (non-hydrogen) atoms. The Labute approximate surface area is 164 Å². The van der Waals surface area contributed by atoms with Crippen molar-refractivity contribution in [2.75, 3.05) is 19.0 Å². The number of hydrogen-bond donors (Lipinski definition) is 2. The summed E-state index contributed by atoms with van der Waals surface area (Å²) in [6, 6.07) is 15.6. The highest BCUT2D eigenvalue weighted by atomic mass is 127. The van der Waals surface area contributed by atoms with Gasteiger partial charge in [0.1, 0.15) is 5.75 Å². The lowest BCUT2D eigenvalue weighted by Crippen LogP contribution is -2.25. The van der Waals surface area contributed by atoms with Gasteiger partial charge in [-0.25, -0.2) is 0 Å². The van der Waals surface area contributed by atoms with Crippen LogP contribution in [0.1, 0.15) is 18.4 Å². The van der Waals surface area contributed by atoms with Crippen LogP contribution in [0.25, 0.3) is 0 Å². The zero-order valence-corrected chi connectivity index (χ0v) is 16.5. The lowest BCUT2D eigenvalue weighted by atomic mass is 9.96. The molecule has 1 saturated carbocycles. The molecule has 0 atom stereocenters. The number of guanidine groups is 1. The summed E-state index contributed by atoms with van der Waals surface area (Å²) in [5.74, 6) is 1.13. The van der Waals surface area contributed by atoms with Crippen LogP contribution in [0.4, 0.5) is 5.69 Å². The highest BCUT2D eigenvalue weighted by Gasteiger charge is 2.44. The van der Waals surface area contributed by atoms with Crippen LogP contribution in [0.5, 0.6) is 5.75 Å². The van der Waals surface area contributed by atoms with Crippen LogP contribution < -0.4 is 15.8 Å². The molecule has 0 saturated heterocycles. The third kappa shape index (κ3) is 4.33. The Kier molecular flexibility index (Phi) is 6.34. The second kappa shape index (κ2) is 8.07. The number of para-hydroxylation sites is 2. The number of rotatable bonds is 5. The Morgan fingerprint density at radius 1 is 1.25 bits per heavy atom. The van der Waals surface area contributed by atoms with Gasteiger partial charge in [-0.15, -0.1) is 24.0 Å². The minimum Gasteiger partial charge on any atom is -0.495 e. The van der Waals surface area contributed by atoms with E-state index in [1.165, 1.54) is 5.56 Å². The van der Waals surface area contributed by atoms with Crippen molar-refractivity contribution in [2.45, 2.75) is 18.3 Å². The highest BCUT2D eigenvalue weighted by molar-refractivity contribution is 14.0. The Morgan fingerprint density at radius 2 is 2.00 bits per heavy atom. The van der Waals surface area contributed by atoms with E-state index < -0.39 is 0 Å². The van der Waals surface area contributed by atoms with E-state index in [0.717, 1.165) is 29.3 Å². The molecule has 0 radical (unpaired) electrons. The van der Waals surface area contributed by atoms with Crippen LogP contribution in [0.3, 0.4) is 0 Å². The maximum absolute atomic E-state index is 6.10.